The van der Waals surface area contributed by atoms with Gasteiger partial charge >= 0.3 is 0 Å². The van der Waals surface area contributed by atoms with Gasteiger partial charge in [0, 0.05) is 5.39 Å². The molecule has 1 N–H and O–H groups in total. The van der Waals surface area contributed by atoms with E-state index in [1.807, 2.05) is 6.07 Å². The molecule has 0 aliphatic heterocycles. The average Bonchev–Trinajstić information content (AvgIpc) is 2.81. The molecule has 0 spiro atoms. The average molecular weight is 271 g/mol. The van der Waals surface area contributed by atoms with E-state index in [-0.39, 0.29) is 0 Å². The number of para-hydroxylation sites is 1. The topological polar surface area (TPSA) is 25.2 Å². The number of nitrogens with one attached hydrogen (secondary N) is 1. The molecule has 0 radical (unpaired) electrons. The van der Waals surface area contributed by atoms with Gasteiger partial charge in [0.05, 0.1) is 6.04 Å². The highest BCUT2D eigenvalue weighted by molar-refractivity contribution is 5.77. The fourth-order valence-corrected chi connectivity index (χ4v) is 4.05. The summed E-state index contributed by atoms with van der Waals surface area (Å²) in [5.74, 6) is 3.42. The summed E-state index contributed by atoms with van der Waals surface area (Å²) in [5, 5.41) is 4.70. The fraction of sp³-hybridized carbons (Fsp3) is 0.556. The van der Waals surface area contributed by atoms with E-state index in [4.69, 9.17) is 4.42 Å². The Kier molecular flexibility index (Phi) is 3.84. The van der Waals surface area contributed by atoms with Gasteiger partial charge in [0.1, 0.15) is 11.3 Å². The molecule has 0 amide bonds. The molecule has 108 valence electrons. The number of rotatable bonds is 3. The van der Waals surface area contributed by atoms with Crippen LogP contribution >= 0.6 is 0 Å². The van der Waals surface area contributed by atoms with Gasteiger partial charge in [0.15, 0.2) is 0 Å². The molecule has 1 aliphatic rings. The second-order valence-corrected chi connectivity index (χ2v) is 6.63. The lowest BCUT2D eigenvalue weighted by molar-refractivity contribution is 0.170. The third-order valence-electron chi connectivity index (χ3n) is 4.75. The van der Waals surface area contributed by atoms with Crippen LogP contribution in [0.4, 0.5) is 0 Å². The van der Waals surface area contributed by atoms with Crippen molar-refractivity contribution in [1.82, 2.24) is 5.32 Å². The Morgan fingerprint density at radius 2 is 1.80 bits per heavy atom. The highest BCUT2D eigenvalue weighted by Crippen LogP contribution is 2.40. The molecule has 1 fully saturated rings. The standard InChI is InChI=1S/C18H25NO/c1-12-8-13(2)10-15(9-12)18(19-3)17-11-14-6-4-5-7-16(14)20-17/h4-7,11-13,15,18-19H,8-10H2,1-3H3. The van der Waals surface area contributed by atoms with Gasteiger partial charge in [-0.2, -0.15) is 0 Å². The third-order valence-corrected chi connectivity index (χ3v) is 4.75. The molecule has 0 bridgehead atoms. The van der Waals surface area contributed by atoms with E-state index in [9.17, 15) is 0 Å². The zero-order valence-electron chi connectivity index (χ0n) is 12.7. The quantitative estimate of drug-likeness (QED) is 0.870. The molecule has 1 heterocycles. The first-order valence-electron chi connectivity index (χ1n) is 7.83. The van der Waals surface area contributed by atoms with E-state index in [1.165, 1.54) is 24.6 Å². The van der Waals surface area contributed by atoms with Gasteiger partial charge in [-0.05, 0) is 56.2 Å². The Hall–Kier alpha value is -1.28. The molecule has 0 saturated heterocycles. The maximum absolute atomic E-state index is 6.08. The minimum absolute atomic E-state index is 0.340. The summed E-state index contributed by atoms with van der Waals surface area (Å²) >= 11 is 0. The van der Waals surface area contributed by atoms with Gasteiger partial charge in [-0.1, -0.05) is 32.0 Å². The highest BCUT2D eigenvalue weighted by Gasteiger charge is 2.31. The van der Waals surface area contributed by atoms with Gasteiger partial charge in [-0.3, -0.25) is 0 Å². The normalized spacial score (nSPS) is 28.6. The molecule has 1 aromatic heterocycles. The van der Waals surface area contributed by atoms with Crippen molar-refractivity contribution >= 4 is 11.0 Å². The van der Waals surface area contributed by atoms with Crippen molar-refractivity contribution in [3.63, 3.8) is 0 Å². The van der Waals surface area contributed by atoms with Crippen molar-refractivity contribution in [2.24, 2.45) is 17.8 Å². The molecule has 3 atom stereocenters. The number of benzene rings is 1. The lowest BCUT2D eigenvalue weighted by Gasteiger charge is -2.35. The lowest BCUT2D eigenvalue weighted by Crippen LogP contribution is -2.31. The molecule has 1 aromatic carbocycles. The van der Waals surface area contributed by atoms with E-state index in [0.29, 0.717) is 12.0 Å². The maximum Gasteiger partial charge on any atom is 0.134 e. The fourth-order valence-electron chi connectivity index (χ4n) is 4.05. The Morgan fingerprint density at radius 3 is 2.45 bits per heavy atom. The first-order valence-corrected chi connectivity index (χ1v) is 7.83. The summed E-state index contributed by atoms with van der Waals surface area (Å²) in [4.78, 5) is 0. The highest BCUT2D eigenvalue weighted by atomic mass is 16.3. The number of hydrogen-bond acceptors (Lipinski definition) is 2. The van der Waals surface area contributed by atoms with Crippen LogP contribution in [0, 0.1) is 17.8 Å². The van der Waals surface area contributed by atoms with Crippen molar-refractivity contribution in [3.8, 4) is 0 Å². The van der Waals surface area contributed by atoms with Gasteiger partial charge in [-0.25, -0.2) is 0 Å². The van der Waals surface area contributed by atoms with Crippen molar-refractivity contribution in [2.75, 3.05) is 7.05 Å². The molecule has 1 saturated carbocycles. The lowest BCUT2D eigenvalue weighted by atomic mass is 9.73. The van der Waals surface area contributed by atoms with Crippen molar-refractivity contribution in [2.45, 2.75) is 39.2 Å². The van der Waals surface area contributed by atoms with Crippen LogP contribution in [-0.2, 0) is 0 Å². The summed E-state index contributed by atoms with van der Waals surface area (Å²) in [7, 11) is 2.06. The van der Waals surface area contributed by atoms with Crippen molar-refractivity contribution in [3.05, 3.63) is 36.1 Å². The van der Waals surface area contributed by atoms with Gasteiger partial charge < -0.3 is 9.73 Å². The number of fused-ring (bicyclic) bond motifs is 1. The van der Waals surface area contributed by atoms with E-state index in [0.717, 1.165) is 23.2 Å². The van der Waals surface area contributed by atoms with E-state index < -0.39 is 0 Å². The molecule has 2 heteroatoms. The van der Waals surface area contributed by atoms with Crippen LogP contribution in [0.3, 0.4) is 0 Å². The van der Waals surface area contributed by atoms with Crippen LogP contribution in [0.1, 0.15) is 44.9 Å². The van der Waals surface area contributed by atoms with Crippen molar-refractivity contribution < 1.29 is 4.42 Å². The Labute approximate surface area is 121 Å². The van der Waals surface area contributed by atoms with Crippen LogP contribution in [0.2, 0.25) is 0 Å². The largest absolute Gasteiger partial charge is 0.459 e. The molecule has 20 heavy (non-hydrogen) atoms. The van der Waals surface area contributed by atoms with E-state index >= 15 is 0 Å². The van der Waals surface area contributed by atoms with Gasteiger partial charge in [0.25, 0.3) is 0 Å². The van der Waals surface area contributed by atoms with E-state index in [2.05, 4.69) is 50.5 Å². The second kappa shape index (κ2) is 5.61. The zero-order valence-corrected chi connectivity index (χ0v) is 12.7. The Bertz CT molecular complexity index is 531. The Balaban J connectivity index is 1.88. The summed E-state index contributed by atoms with van der Waals surface area (Å²) < 4.78 is 6.08. The SMILES string of the molecule is CNC(c1cc2ccccc2o1)C1CC(C)CC(C)C1. The maximum atomic E-state index is 6.08. The summed E-state index contributed by atoms with van der Waals surface area (Å²) in [6, 6.07) is 10.8. The molecule has 3 unspecified atom stereocenters. The predicted octanol–water partition coefficient (Wildman–Crippen LogP) is 4.77. The Morgan fingerprint density at radius 1 is 1.10 bits per heavy atom. The molecule has 3 rings (SSSR count). The first kappa shape index (κ1) is 13.7. The van der Waals surface area contributed by atoms with E-state index in [1.54, 1.807) is 0 Å². The predicted molar refractivity (Wildman–Crippen MR) is 83.7 cm³/mol. The van der Waals surface area contributed by atoms with Crippen LogP contribution in [0.25, 0.3) is 11.0 Å². The molecule has 1 aliphatic carbocycles. The van der Waals surface area contributed by atoms with Crippen LogP contribution < -0.4 is 5.32 Å². The molecule has 2 nitrogen and oxygen atoms in total. The first-order chi connectivity index (χ1) is 9.67. The van der Waals surface area contributed by atoms with Crippen LogP contribution in [-0.4, -0.2) is 7.05 Å². The molecular weight excluding hydrogens is 246 g/mol. The van der Waals surface area contributed by atoms with Gasteiger partial charge in [-0.15, -0.1) is 0 Å². The minimum Gasteiger partial charge on any atom is -0.459 e. The summed E-state index contributed by atoms with van der Waals surface area (Å²) in [6.07, 6.45) is 3.97. The number of hydrogen-bond donors (Lipinski definition) is 1. The monoisotopic (exact) mass is 271 g/mol. The van der Waals surface area contributed by atoms with Crippen LogP contribution in [0.5, 0.6) is 0 Å². The van der Waals surface area contributed by atoms with Gasteiger partial charge in [0.2, 0.25) is 0 Å². The number of furan rings is 1. The third kappa shape index (κ3) is 2.62. The summed E-state index contributed by atoms with van der Waals surface area (Å²) in [5.41, 5.74) is 1.000. The minimum atomic E-state index is 0.340. The van der Waals surface area contributed by atoms with Crippen LogP contribution in [0.15, 0.2) is 34.7 Å². The molecular formula is C18H25NO. The van der Waals surface area contributed by atoms with Crippen molar-refractivity contribution in [1.29, 1.82) is 0 Å². The zero-order chi connectivity index (χ0) is 14.1. The summed E-state index contributed by atoms with van der Waals surface area (Å²) in [6.45, 7) is 4.77. The molecule has 2 aromatic rings. The second-order valence-electron chi connectivity index (χ2n) is 6.63. The smallest absolute Gasteiger partial charge is 0.134 e.